The third kappa shape index (κ3) is 4.17. The first-order chi connectivity index (χ1) is 9.65. The molecule has 6 heteroatoms. The van der Waals surface area contributed by atoms with Crippen molar-refractivity contribution in [1.82, 2.24) is 10.3 Å². The van der Waals surface area contributed by atoms with E-state index >= 15 is 0 Å². The zero-order valence-corrected chi connectivity index (χ0v) is 12.1. The van der Waals surface area contributed by atoms with Crippen LogP contribution in [-0.4, -0.2) is 16.8 Å². The van der Waals surface area contributed by atoms with Gasteiger partial charge in [0.1, 0.15) is 0 Å². The Bertz CT molecular complexity index is 600. The maximum Gasteiger partial charge on any atom is 0.313 e. The van der Waals surface area contributed by atoms with E-state index in [0.717, 1.165) is 4.47 Å². The summed E-state index contributed by atoms with van der Waals surface area (Å²) in [6, 6.07) is 12.3. The Balaban J connectivity index is 1.86. The van der Waals surface area contributed by atoms with Crippen molar-refractivity contribution in [3.05, 3.63) is 58.8 Å². The molecule has 1 heterocycles. The summed E-state index contributed by atoms with van der Waals surface area (Å²) in [5.41, 5.74) is 1.25. The molecule has 0 atom stereocenters. The normalized spacial score (nSPS) is 9.85. The van der Waals surface area contributed by atoms with Gasteiger partial charge in [-0.25, -0.2) is 0 Å². The lowest BCUT2D eigenvalue weighted by Crippen LogP contribution is -2.35. The SMILES string of the molecule is O=C(NCc1ccccn1)C(=O)Nc1ccc(Br)cc1. The Morgan fingerprint density at radius 1 is 1.05 bits per heavy atom. The number of anilines is 1. The molecule has 2 amide bonds. The lowest BCUT2D eigenvalue weighted by atomic mass is 10.3. The molecule has 0 radical (unpaired) electrons. The molecule has 2 N–H and O–H groups in total. The van der Waals surface area contributed by atoms with Crippen molar-refractivity contribution in [2.45, 2.75) is 6.54 Å². The average molecular weight is 334 g/mol. The van der Waals surface area contributed by atoms with Gasteiger partial charge in [0, 0.05) is 16.4 Å². The number of amides is 2. The molecule has 5 nitrogen and oxygen atoms in total. The predicted octanol–water partition coefficient (Wildman–Crippen LogP) is 2.10. The quantitative estimate of drug-likeness (QED) is 0.845. The van der Waals surface area contributed by atoms with Gasteiger partial charge in [-0.05, 0) is 36.4 Å². The van der Waals surface area contributed by atoms with Gasteiger partial charge in [0.05, 0.1) is 12.2 Å². The van der Waals surface area contributed by atoms with Crippen molar-refractivity contribution < 1.29 is 9.59 Å². The van der Waals surface area contributed by atoms with Gasteiger partial charge in [-0.15, -0.1) is 0 Å². The summed E-state index contributed by atoms with van der Waals surface area (Å²) in [7, 11) is 0. The third-order valence-corrected chi connectivity index (χ3v) is 2.99. The second kappa shape index (κ2) is 6.81. The highest BCUT2D eigenvalue weighted by Crippen LogP contribution is 2.13. The van der Waals surface area contributed by atoms with Gasteiger partial charge in [-0.3, -0.25) is 14.6 Å². The molecule has 2 rings (SSSR count). The fraction of sp³-hybridized carbons (Fsp3) is 0.0714. The van der Waals surface area contributed by atoms with E-state index < -0.39 is 11.8 Å². The van der Waals surface area contributed by atoms with E-state index in [1.165, 1.54) is 0 Å². The highest BCUT2D eigenvalue weighted by Gasteiger charge is 2.13. The van der Waals surface area contributed by atoms with Gasteiger partial charge in [0.15, 0.2) is 0 Å². The lowest BCUT2D eigenvalue weighted by Gasteiger charge is -2.06. The number of nitrogens with one attached hydrogen (secondary N) is 2. The number of hydrogen-bond donors (Lipinski definition) is 2. The molecule has 0 aliphatic heterocycles. The molecule has 1 aromatic carbocycles. The topological polar surface area (TPSA) is 71.1 Å². The summed E-state index contributed by atoms with van der Waals surface area (Å²) in [5, 5.41) is 5.02. The molecule has 0 unspecified atom stereocenters. The Kier molecular flexibility index (Phi) is 4.84. The molecule has 0 aliphatic carbocycles. The minimum Gasteiger partial charge on any atom is -0.342 e. The third-order valence-electron chi connectivity index (χ3n) is 2.46. The Morgan fingerprint density at radius 3 is 2.45 bits per heavy atom. The van der Waals surface area contributed by atoms with Crippen LogP contribution >= 0.6 is 15.9 Å². The second-order valence-corrected chi connectivity index (χ2v) is 4.88. The van der Waals surface area contributed by atoms with E-state index in [0.29, 0.717) is 11.4 Å². The first-order valence-electron chi connectivity index (χ1n) is 5.90. The molecule has 0 aliphatic rings. The molecule has 102 valence electrons. The minimum atomic E-state index is -0.705. The largest absolute Gasteiger partial charge is 0.342 e. The highest BCUT2D eigenvalue weighted by atomic mass is 79.9. The van der Waals surface area contributed by atoms with Gasteiger partial charge in [-0.1, -0.05) is 22.0 Å². The van der Waals surface area contributed by atoms with Crippen molar-refractivity contribution in [2.75, 3.05) is 5.32 Å². The van der Waals surface area contributed by atoms with E-state index in [-0.39, 0.29) is 6.54 Å². The van der Waals surface area contributed by atoms with Crippen LogP contribution in [0.2, 0.25) is 0 Å². The Labute approximate surface area is 124 Å². The van der Waals surface area contributed by atoms with Crippen molar-refractivity contribution in [2.24, 2.45) is 0 Å². The van der Waals surface area contributed by atoms with Crippen LogP contribution in [0.1, 0.15) is 5.69 Å². The smallest absolute Gasteiger partial charge is 0.313 e. The summed E-state index contributed by atoms with van der Waals surface area (Å²) >= 11 is 3.29. The molecule has 20 heavy (non-hydrogen) atoms. The van der Waals surface area contributed by atoms with Gasteiger partial charge < -0.3 is 10.6 Å². The molecule has 0 bridgehead atoms. The summed E-state index contributed by atoms with van der Waals surface area (Å²) < 4.78 is 0.898. The number of aromatic nitrogens is 1. The lowest BCUT2D eigenvalue weighted by molar-refractivity contribution is -0.136. The fourth-order valence-electron chi connectivity index (χ4n) is 1.47. The molecular formula is C14H12BrN3O2. The predicted molar refractivity (Wildman–Crippen MR) is 78.9 cm³/mol. The zero-order valence-electron chi connectivity index (χ0n) is 10.5. The fourth-order valence-corrected chi connectivity index (χ4v) is 1.74. The van der Waals surface area contributed by atoms with E-state index in [1.54, 1.807) is 42.6 Å². The van der Waals surface area contributed by atoms with Crippen molar-refractivity contribution in [1.29, 1.82) is 0 Å². The van der Waals surface area contributed by atoms with Crippen LogP contribution in [0.15, 0.2) is 53.1 Å². The van der Waals surface area contributed by atoms with Crippen molar-refractivity contribution >= 4 is 33.4 Å². The number of rotatable bonds is 3. The van der Waals surface area contributed by atoms with Crippen LogP contribution in [-0.2, 0) is 16.1 Å². The van der Waals surface area contributed by atoms with Crippen LogP contribution in [0.5, 0.6) is 0 Å². The Hall–Kier alpha value is -2.21. The monoisotopic (exact) mass is 333 g/mol. The number of halogens is 1. The number of benzene rings is 1. The molecule has 2 aromatic rings. The van der Waals surface area contributed by atoms with Crippen molar-refractivity contribution in [3.63, 3.8) is 0 Å². The van der Waals surface area contributed by atoms with Crippen LogP contribution in [0.4, 0.5) is 5.69 Å². The van der Waals surface area contributed by atoms with Crippen LogP contribution in [0.25, 0.3) is 0 Å². The van der Waals surface area contributed by atoms with Crippen LogP contribution in [0, 0.1) is 0 Å². The second-order valence-electron chi connectivity index (χ2n) is 3.96. The number of nitrogens with zero attached hydrogens (tertiary/aromatic N) is 1. The molecule has 0 saturated heterocycles. The summed E-state index contributed by atoms with van der Waals surface area (Å²) in [5.74, 6) is -1.40. The minimum absolute atomic E-state index is 0.216. The van der Waals surface area contributed by atoms with Gasteiger partial charge in [-0.2, -0.15) is 0 Å². The van der Waals surface area contributed by atoms with E-state index in [9.17, 15) is 9.59 Å². The number of pyridine rings is 1. The van der Waals surface area contributed by atoms with Gasteiger partial charge >= 0.3 is 11.8 Å². The highest BCUT2D eigenvalue weighted by molar-refractivity contribution is 9.10. The maximum atomic E-state index is 11.7. The Morgan fingerprint density at radius 2 is 1.80 bits per heavy atom. The molecule has 1 aromatic heterocycles. The summed E-state index contributed by atoms with van der Waals surface area (Å²) in [4.78, 5) is 27.3. The zero-order chi connectivity index (χ0) is 14.4. The number of carbonyl (C=O) groups is 2. The van der Waals surface area contributed by atoms with E-state index in [2.05, 4.69) is 31.5 Å². The number of hydrogen-bond acceptors (Lipinski definition) is 3. The molecule has 0 spiro atoms. The molecular weight excluding hydrogens is 322 g/mol. The van der Waals surface area contributed by atoms with Crippen LogP contribution in [0.3, 0.4) is 0 Å². The molecule has 0 fully saturated rings. The summed E-state index contributed by atoms with van der Waals surface area (Å²) in [6.07, 6.45) is 1.63. The maximum absolute atomic E-state index is 11.7. The van der Waals surface area contributed by atoms with E-state index in [1.807, 2.05) is 6.07 Å². The summed E-state index contributed by atoms with van der Waals surface area (Å²) in [6.45, 7) is 0.216. The molecule has 0 saturated carbocycles. The first-order valence-corrected chi connectivity index (χ1v) is 6.69. The standard InChI is InChI=1S/C14H12BrN3O2/c15-10-4-6-11(7-5-10)18-14(20)13(19)17-9-12-3-1-2-8-16-12/h1-8H,9H2,(H,17,19)(H,18,20). The average Bonchev–Trinajstić information content (AvgIpc) is 2.48. The van der Waals surface area contributed by atoms with Crippen LogP contribution < -0.4 is 10.6 Å². The van der Waals surface area contributed by atoms with Gasteiger partial charge in [0.2, 0.25) is 0 Å². The number of carbonyl (C=O) groups excluding carboxylic acids is 2. The first kappa shape index (κ1) is 14.2. The van der Waals surface area contributed by atoms with E-state index in [4.69, 9.17) is 0 Å². The van der Waals surface area contributed by atoms with Gasteiger partial charge in [0.25, 0.3) is 0 Å². The van der Waals surface area contributed by atoms with Crippen molar-refractivity contribution in [3.8, 4) is 0 Å².